The Morgan fingerprint density at radius 3 is 2.40 bits per heavy atom. The molecule has 0 heterocycles. The van der Waals surface area contributed by atoms with Crippen LogP contribution in [0.25, 0.3) is 0 Å². The predicted octanol–water partition coefficient (Wildman–Crippen LogP) is 2.30. The molecular weight excluding hydrogens is 252 g/mol. The Kier molecular flexibility index (Phi) is 8.15. The fourth-order valence-corrected chi connectivity index (χ4v) is 3.23. The van der Waals surface area contributed by atoms with E-state index < -0.39 is 0 Å². The van der Waals surface area contributed by atoms with Crippen LogP contribution in [0.4, 0.5) is 0 Å². The molecule has 1 aliphatic carbocycles. The maximum absolute atomic E-state index is 12.8. The summed E-state index contributed by atoms with van der Waals surface area (Å²) in [6.45, 7) is 3.89. The van der Waals surface area contributed by atoms with Crippen LogP contribution in [0, 0.1) is 5.41 Å². The second-order valence-electron chi connectivity index (χ2n) is 6.12. The van der Waals surface area contributed by atoms with Gasteiger partial charge in [0, 0.05) is 19.6 Å². The number of aliphatic hydroxyl groups excluding tert-OH is 1. The monoisotopic (exact) mass is 284 g/mol. The van der Waals surface area contributed by atoms with Crippen LogP contribution in [0.2, 0.25) is 0 Å². The number of aliphatic hydroxyl groups is 1. The highest BCUT2D eigenvalue weighted by molar-refractivity contribution is 5.83. The van der Waals surface area contributed by atoms with Crippen molar-refractivity contribution in [2.75, 3.05) is 26.2 Å². The zero-order chi connectivity index (χ0) is 14.8. The van der Waals surface area contributed by atoms with E-state index in [0.29, 0.717) is 13.1 Å². The van der Waals surface area contributed by atoms with E-state index in [1.54, 1.807) is 0 Å². The lowest BCUT2D eigenvalue weighted by Crippen LogP contribution is -2.50. The molecule has 4 nitrogen and oxygen atoms in total. The topological polar surface area (TPSA) is 66.6 Å². The first-order valence-corrected chi connectivity index (χ1v) is 8.30. The fourth-order valence-electron chi connectivity index (χ4n) is 3.23. The third-order valence-electron chi connectivity index (χ3n) is 4.59. The number of rotatable bonds is 9. The highest BCUT2D eigenvalue weighted by Gasteiger charge is 2.40. The lowest BCUT2D eigenvalue weighted by Gasteiger charge is -2.39. The molecule has 0 aromatic heterocycles. The Morgan fingerprint density at radius 2 is 1.85 bits per heavy atom. The van der Waals surface area contributed by atoms with Gasteiger partial charge in [0.15, 0.2) is 0 Å². The number of carbonyl (C=O) groups is 1. The number of hydrogen-bond donors (Lipinski definition) is 2. The van der Waals surface area contributed by atoms with Crippen molar-refractivity contribution >= 4 is 5.91 Å². The molecule has 0 unspecified atom stereocenters. The zero-order valence-corrected chi connectivity index (χ0v) is 13.1. The lowest BCUT2D eigenvalue weighted by molar-refractivity contribution is -0.144. The van der Waals surface area contributed by atoms with E-state index in [1.807, 2.05) is 4.90 Å². The maximum Gasteiger partial charge on any atom is 0.230 e. The first-order chi connectivity index (χ1) is 9.70. The molecule has 1 saturated carbocycles. The Hall–Kier alpha value is -0.610. The fraction of sp³-hybridized carbons (Fsp3) is 0.938. The molecule has 0 spiro atoms. The van der Waals surface area contributed by atoms with Crippen molar-refractivity contribution in [3.05, 3.63) is 0 Å². The standard InChI is InChI=1S/C16H32N2O2/c1-2-3-4-8-11-18(12-13-19)15(20)16(14-17)9-6-5-7-10-16/h19H,2-14,17H2,1H3. The van der Waals surface area contributed by atoms with Gasteiger partial charge >= 0.3 is 0 Å². The van der Waals surface area contributed by atoms with Crippen LogP contribution in [0.5, 0.6) is 0 Å². The van der Waals surface area contributed by atoms with Crippen LogP contribution >= 0.6 is 0 Å². The second-order valence-corrected chi connectivity index (χ2v) is 6.12. The largest absolute Gasteiger partial charge is 0.395 e. The quantitative estimate of drug-likeness (QED) is 0.638. The zero-order valence-electron chi connectivity index (χ0n) is 13.1. The third-order valence-corrected chi connectivity index (χ3v) is 4.59. The van der Waals surface area contributed by atoms with Gasteiger partial charge < -0.3 is 15.7 Å². The van der Waals surface area contributed by atoms with E-state index in [1.165, 1.54) is 19.3 Å². The Labute approximate surface area is 123 Å². The minimum atomic E-state index is -0.349. The Morgan fingerprint density at radius 1 is 1.15 bits per heavy atom. The van der Waals surface area contributed by atoms with E-state index >= 15 is 0 Å². The Balaban J connectivity index is 2.60. The predicted molar refractivity (Wildman–Crippen MR) is 82.4 cm³/mol. The number of nitrogens with zero attached hydrogens (tertiary/aromatic N) is 1. The van der Waals surface area contributed by atoms with Crippen LogP contribution in [0.1, 0.15) is 64.7 Å². The minimum Gasteiger partial charge on any atom is -0.395 e. The van der Waals surface area contributed by atoms with E-state index in [9.17, 15) is 9.90 Å². The van der Waals surface area contributed by atoms with Crippen LogP contribution in [0.3, 0.4) is 0 Å². The number of carbonyl (C=O) groups excluding carboxylic acids is 1. The number of hydrogen-bond acceptors (Lipinski definition) is 3. The summed E-state index contributed by atoms with van der Waals surface area (Å²) in [5.74, 6) is 0.185. The van der Waals surface area contributed by atoms with Crippen molar-refractivity contribution in [2.45, 2.75) is 64.7 Å². The smallest absolute Gasteiger partial charge is 0.230 e. The molecule has 20 heavy (non-hydrogen) atoms. The summed E-state index contributed by atoms with van der Waals surface area (Å²) in [5, 5.41) is 9.22. The third kappa shape index (κ3) is 4.74. The normalized spacial score (nSPS) is 17.9. The summed E-state index contributed by atoms with van der Waals surface area (Å²) in [4.78, 5) is 14.7. The van der Waals surface area contributed by atoms with Gasteiger partial charge in [-0.25, -0.2) is 0 Å². The summed E-state index contributed by atoms with van der Waals surface area (Å²) in [6.07, 6.45) is 9.84. The Bertz CT molecular complexity index is 276. The number of unbranched alkanes of at least 4 members (excludes halogenated alkanes) is 3. The van der Waals surface area contributed by atoms with Gasteiger partial charge in [0.2, 0.25) is 5.91 Å². The van der Waals surface area contributed by atoms with Crippen molar-refractivity contribution in [3.63, 3.8) is 0 Å². The molecule has 0 aliphatic heterocycles. The van der Waals surface area contributed by atoms with E-state index in [0.717, 1.165) is 45.1 Å². The molecule has 0 radical (unpaired) electrons. The molecule has 118 valence electrons. The van der Waals surface area contributed by atoms with Crippen LogP contribution in [-0.4, -0.2) is 42.2 Å². The summed E-state index contributed by atoms with van der Waals surface area (Å²) in [5.41, 5.74) is 5.59. The van der Waals surface area contributed by atoms with Crippen molar-refractivity contribution in [1.82, 2.24) is 4.90 Å². The van der Waals surface area contributed by atoms with Gasteiger partial charge in [0.1, 0.15) is 0 Å². The first-order valence-electron chi connectivity index (χ1n) is 8.30. The van der Waals surface area contributed by atoms with Gasteiger partial charge in [-0.15, -0.1) is 0 Å². The average molecular weight is 284 g/mol. The SMILES string of the molecule is CCCCCCN(CCO)C(=O)C1(CN)CCCCC1. The van der Waals surface area contributed by atoms with E-state index in [-0.39, 0.29) is 17.9 Å². The van der Waals surface area contributed by atoms with Crippen LogP contribution < -0.4 is 5.73 Å². The average Bonchev–Trinajstić information content (AvgIpc) is 2.50. The molecular formula is C16H32N2O2. The van der Waals surface area contributed by atoms with Gasteiger partial charge in [0.25, 0.3) is 0 Å². The highest BCUT2D eigenvalue weighted by atomic mass is 16.3. The molecule has 1 aliphatic rings. The van der Waals surface area contributed by atoms with Crippen molar-refractivity contribution in [3.8, 4) is 0 Å². The molecule has 1 amide bonds. The van der Waals surface area contributed by atoms with E-state index in [4.69, 9.17) is 5.73 Å². The van der Waals surface area contributed by atoms with Gasteiger partial charge in [0.05, 0.1) is 12.0 Å². The molecule has 1 rings (SSSR count). The summed E-state index contributed by atoms with van der Waals surface area (Å²) in [7, 11) is 0. The van der Waals surface area contributed by atoms with Crippen LogP contribution in [0.15, 0.2) is 0 Å². The highest BCUT2D eigenvalue weighted by Crippen LogP contribution is 2.37. The van der Waals surface area contributed by atoms with Gasteiger partial charge in [-0.3, -0.25) is 4.79 Å². The summed E-state index contributed by atoms with van der Waals surface area (Å²) >= 11 is 0. The van der Waals surface area contributed by atoms with Crippen molar-refractivity contribution in [2.24, 2.45) is 11.1 Å². The second kappa shape index (κ2) is 9.35. The maximum atomic E-state index is 12.8. The molecule has 0 bridgehead atoms. The first kappa shape index (κ1) is 17.4. The molecule has 3 N–H and O–H groups in total. The number of amides is 1. The molecule has 0 saturated heterocycles. The summed E-state index contributed by atoms with van der Waals surface area (Å²) < 4.78 is 0. The molecule has 0 atom stereocenters. The molecule has 0 aromatic rings. The van der Waals surface area contributed by atoms with Crippen molar-refractivity contribution in [1.29, 1.82) is 0 Å². The van der Waals surface area contributed by atoms with E-state index in [2.05, 4.69) is 6.92 Å². The van der Waals surface area contributed by atoms with Gasteiger partial charge in [-0.2, -0.15) is 0 Å². The van der Waals surface area contributed by atoms with Gasteiger partial charge in [-0.1, -0.05) is 45.4 Å². The summed E-state index contributed by atoms with van der Waals surface area (Å²) in [6, 6.07) is 0. The minimum absolute atomic E-state index is 0.0418. The lowest BCUT2D eigenvalue weighted by atomic mass is 9.73. The van der Waals surface area contributed by atoms with Gasteiger partial charge in [-0.05, 0) is 19.3 Å². The molecule has 1 fully saturated rings. The number of nitrogens with two attached hydrogens (primary N) is 1. The van der Waals surface area contributed by atoms with Crippen molar-refractivity contribution < 1.29 is 9.90 Å². The molecule has 4 heteroatoms. The molecule has 0 aromatic carbocycles. The van der Waals surface area contributed by atoms with Crippen LogP contribution in [-0.2, 0) is 4.79 Å².